The van der Waals surface area contributed by atoms with Gasteiger partial charge in [-0.3, -0.25) is 0 Å². The Balaban J connectivity index is 2.40. The molecule has 0 spiro atoms. The third kappa shape index (κ3) is 6.18. The van der Waals surface area contributed by atoms with Crippen molar-refractivity contribution in [2.24, 2.45) is 5.73 Å². The highest BCUT2D eigenvalue weighted by molar-refractivity contribution is 7.89. The zero-order valence-corrected chi connectivity index (χ0v) is 12.7. The predicted octanol–water partition coefficient (Wildman–Crippen LogP) is -0.291. The van der Waals surface area contributed by atoms with Crippen LogP contribution in [-0.2, 0) is 14.8 Å². The molecular weight excluding hydrogens is 266 g/mol. The van der Waals surface area contributed by atoms with Crippen LogP contribution in [0.1, 0.15) is 19.3 Å². The van der Waals surface area contributed by atoms with Gasteiger partial charge in [0.25, 0.3) is 0 Å². The van der Waals surface area contributed by atoms with E-state index in [1.54, 1.807) is 4.31 Å². The van der Waals surface area contributed by atoms with Gasteiger partial charge >= 0.3 is 0 Å². The molecule has 1 rings (SSSR count). The summed E-state index contributed by atoms with van der Waals surface area (Å²) >= 11 is 0. The van der Waals surface area contributed by atoms with E-state index in [9.17, 15) is 8.42 Å². The minimum absolute atomic E-state index is 0.0800. The summed E-state index contributed by atoms with van der Waals surface area (Å²) in [6.45, 7) is 5.01. The van der Waals surface area contributed by atoms with Crippen molar-refractivity contribution >= 4 is 10.0 Å². The summed E-state index contributed by atoms with van der Waals surface area (Å²) in [4.78, 5) is 2.33. The Morgan fingerprint density at radius 3 is 2.63 bits per heavy atom. The predicted molar refractivity (Wildman–Crippen MR) is 76.6 cm³/mol. The number of nitrogens with zero attached hydrogens (tertiary/aromatic N) is 2. The van der Waals surface area contributed by atoms with E-state index in [2.05, 4.69) is 4.90 Å². The largest absolute Gasteiger partial charge is 0.384 e. The Morgan fingerprint density at radius 1 is 1.16 bits per heavy atom. The zero-order chi connectivity index (χ0) is 14.1. The molecule has 7 heteroatoms. The molecule has 1 fully saturated rings. The van der Waals surface area contributed by atoms with Gasteiger partial charge in [-0.25, -0.2) is 12.7 Å². The molecule has 0 aromatic rings. The van der Waals surface area contributed by atoms with Crippen LogP contribution in [0.25, 0.3) is 0 Å². The third-order valence-electron chi connectivity index (χ3n) is 3.41. The molecular formula is C12H27N3O3S. The van der Waals surface area contributed by atoms with E-state index in [0.717, 1.165) is 45.4 Å². The fraction of sp³-hybridized carbons (Fsp3) is 1.00. The van der Waals surface area contributed by atoms with Crippen LogP contribution >= 0.6 is 0 Å². The number of hydrogen-bond donors (Lipinski definition) is 1. The van der Waals surface area contributed by atoms with E-state index in [-0.39, 0.29) is 12.4 Å². The standard InChI is InChI=1S/C12H27N3O3S/c1-18-11-12-19(16,17)15-8-4-7-14(9-10-15)6-3-2-5-13/h2-13H2,1H3. The fourth-order valence-electron chi connectivity index (χ4n) is 2.25. The van der Waals surface area contributed by atoms with E-state index < -0.39 is 10.0 Å². The van der Waals surface area contributed by atoms with Crippen LogP contribution in [0.3, 0.4) is 0 Å². The maximum absolute atomic E-state index is 12.1. The zero-order valence-electron chi connectivity index (χ0n) is 11.9. The minimum Gasteiger partial charge on any atom is -0.384 e. The quantitative estimate of drug-likeness (QED) is 0.622. The number of nitrogens with two attached hydrogens (primary N) is 1. The average Bonchev–Trinajstić information content (AvgIpc) is 2.63. The van der Waals surface area contributed by atoms with E-state index in [1.165, 1.54) is 7.11 Å². The molecule has 0 radical (unpaired) electrons. The number of sulfonamides is 1. The summed E-state index contributed by atoms with van der Waals surface area (Å²) in [7, 11) is -1.63. The number of unbranched alkanes of at least 4 members (excludes halogenated alkanes) is 1. The van der Waals surface area contributed by atoms with Crippen molar-refractivity contribution in [1.82, 2.24) is 9.21 Å². The Labute approximate surface area is 116 Å². The molecule has 0 aliphatic carbocycles. The van der Waals surface area contributed by atoms with E-state index in [0.29, 0.717) is 13.1 Å². The van der Waals surface area contributed by atoms with Gasteiger partial charge in [-0.05, 0) is 38.9 Å². The average molecular weight is 293 g/mol. The summed E-state index contributed by atoms with van der Waals surface area (Å²) in [6.07, 6.45) is 3.02. The SMILES string of the molecule is COCCS(=O)(=O)N1CCCN(CCCCN)CC1. The maximum atomic E-state index is 12.1. The van der Waals surface area contributed by atoms with Crippen LogP contribution < -0.4 is 5.73 Å². The lowest BCUT2D eigenvalue weighted by molar-refractivity contribution is 0.215. The Kier molecular flexibility index (Phi) is 7.86. The topological polar surface area (TPSA) is 75.9 Å². The van der Waals surface area contributed by atoms with Crippen molar-refractivity contribution < 1.29 is 13.2 Å². The summed E-state index contributed by atoms with van der Waals surface area (Å²) in [5.74, 6) is 0.0800. The first-order valence-electron chi connectivity index (χ1n) is 6.99. The highest BCUT2D eigenvalue weighted by Gasteiger charge is 2.24. The van der Waals surface area contributed by atoms with E-state index >= 15 is 0 Å². The van der Waals surface area contributed by atoms with E-state index in [4.69, 9.17) is 10.5 Å². The van der Waals surface area contributed by atoms with Crippen molar-refractivity contribution in [3.63, 3.8) is 0 Å². The number of ether oxygens (including phenoxy) is 1. The minimum atomic E-state index is -3.16. The van der Waals surface area contributed by atoms with Crippen molar-refractivity contribution in [1.29, 1.82) is 0 Å². The highest BCUT2D eigenvalue weighted by atomic mass is 32.2. The lowest BCUT2D eigenvalue weighted by atomic mass is 10.3. The van der Waals surface area contributed by atoms with Gasteiger partial charge in [0.05, 0.1) is 12.4 Å². The molecule has 2 N–H and O–H groups in total. The van der Waals surface area contributed by atoms with Gasteiger partial charge in [0.1, 0.15) is 0 Å². The van der Waals surface area contributed by atoms with Crippen LogP contribution in [0.2, 0.25) is 0 Å². The first-order chi connectivity index (χ1) is 9.10. The van der Waals surface area contributed by atoms with Gasteiger partial charge in [0.15, 0.2) is 0 Å². The van der Waals surface area contributed by atoms with Gasteiger partial charge in [-0.1, -0.05) is 0 Å². The van der Waals surface area contributed by atoms with Gasteiger partial charge in [-0.2, -0.15) is 0 Å². The van der Waals surface area contributed by atoms with Crippen LogP contribution in [-0.4, -0.2) is 76.4 Å². The molecule has 1 aliphatic heterocycles. The molecule has 0 aromatic carbocycles. The van der Waals surface area contributed by atoms with Crippen molar-refractivity contribution in [3.05, 3.63) is 0 Å². The first kappa shape index (κ1) is 16.8. The second kappa shape index (κ2) is 8.86. The lowest BCUT2D eigenvalue weighted by Crippen LogP contribution is -2.37. The molecule has 0 aromatic heterocycles. The summed E-state index contributed by atoms with van der Waals surface area (Å²) < 4.78 is 30.6. The molecule has 19 heavy (non-hydrogen) atoms. The molecule has 1 aliphatic rings. The van der Waals surface area contributed by atoms with Crippen LogP contribution in [0.4, 0.5) is 0 Å². The van der Waals surface area contributed by atoms with Gasteiger partial charge in [0, 0.05) is 26.7 Å². The van der Waals surface area contributed by atoms with Crippen molar-refractivity contribution in [3.8, 4) is 0 Å². The molecule has 0 unspecified atom stereocenters. The van der Waals surface area contributed by atoms with Crippen molar-refractivity contribution in [2.45, 2.75) is 19.3 Å². The third-order valence-corrected chi connectivity index (χ3v) is 5.25. The summed E-state index contributed by atoms with van der Waals surface area (Å²) in [6, 6.07) is 0. The Bertz CT molecular complexity index is 335. The summed E-state index contributed by atoms with van der Waals surface area (Å²) in [5.41, 5.74) is 5.48. The molecule has 1 heterocycles. The number of hydrogen-bond acceptors (Lipinski definition) is 5. The Morgan fingerprint density at radius 2 is 1.95 bits per heavy atom. The second-order valence-corrected chi connectivity index (χ2v) is 6.99. The van der Waals surface area contributed by atoms with Crippen molar-refractivity contribution in [2.75, 3.05) is 58.7 Å². The van der Waals surface area contributed by atoms with Crippen LogP contribution in [0.5, 0.6) is 0 Å². The van der Waals surface area contributed by atoms with E-state index in [1.807, 2.05) is 0 Å². The summed E-state index contributed by atoms with van der Waals surface area (Å²) in [5, 5.41) is 0. The monoisotopic (exact) mass is 293 g/mol. The molecule has 1 saturated heterocycles. The number of methoxy groups -OCH3 is 1. The smallest absolute Gasteiger partial charge is 0.216 e. The van der Waals surface area contributed by atoms with Crippen LogP contribution in [0.15, 0.2) is 0 Å². The Hall–Kier alpha value is -0.210. The molecule has 0 amide bonds. The fourth-order valence-corrected chi connectivity index (χ4v) is 3.65. The number of rotatable bonds is 8. The van der Waals surface area contributed by atoms with Gasteiger partial charge in [-0.15, -0.1) is 0 Å². The second-order valence-electron chi connectivity index (χ2n) is 4.90. The highest BCUT2D eigenvalue weighted by Crippen LogP contribution is 2.09. The molecule has 0 atom stereocenters. The molecule has 0 bridgehead atoms. The maximum Gasteiger partial charge on any atom is 0.216 e. The van der Waals surface area contributed by atoms with Gasteiger partial charge in [0.2, 0.25) is 10.0 Å². The molecule has 6 nitrogen and oxygen atoms in total. The molecule has 114 valence electrons. The first-order valence-corrected chi connectivity index (χ1v) is 8.60. The lowest BCUT2D eigenvalue weighted by Gasteiger charge is -2.21. The van der Waals surface area contributed by atoms with Crippen LogP contribution in [0, 0.1) is 0 Å². The normalized spacial score (nSPS) is 19.5. The van der Waals surface area contributed by atoms with Gasteiger partial charge < -0.3 is 15.4 Å². The molecule has 0 saturated carbocycles.